The summed E-state index contributed by atoms with van der Waals surface area (Å²) < 4.78 is 2.29. The molecule has 3 aromatic carbocycles. The van der Waals surface area contributed by atoms with Crippen LogP contribution in [0.15, 0.2) is 65.1 Å². The molecule has 0 heterocycles. The topological polar surface area (TPSA) is 26.0 Å². The molecule has 0 radical (unpaired) electrons. The molecule has 0 amide bonds. The van der Waals surface area contributed by atoms with Gasteiger partial charge >= 0.3 is 0 Å². The normalized spacial score (nSPS) is 12.5. The van der Waals surface area contributed by atoms with Crippen molar-refractivity contribution < 1.29 is 0 Å². The van der Waals surface area contributed by atoms with Crippen molar-refractivity contribution in [2.24, 2.45) is 5.73 Å². The summed E-state index contributed by atoms with van der Waals surface area (Å²) in [5, 5.41) is 2.56. The first-order chi connectivity index (χ1) is 10.1. The van der Waals surface area contributed by atoms with Gasteiger partial charge in [0, 0.05) is 14.1 Å². The molecule has 0 fully saturated rings. The van der Waals surface area contributed by atoms with E-state index in [0.29, 0.717) is 0 Å². The van der Waals surface area contributed by atoms with Gasteiger partial charge in [-0.1, -0.05) is 58.4 Å². The fourth-order valence-corrected chi connectivity index (χ4v) is 3.73. The van der Waals surface area contributed by atoms with Crippen molar-refractivity contribution in [3.8, 4) is 0 Å². The molecular weight excluding hydrogens is 437 g/mol. The average Bonchev–Trinajstić information content (AvgIpc) is 2.50. The Bertz CT molecular complexity index is 780. The highest BCUT2D eigenvalue weighted by Gasteiger charge is 2.12. The summed E-state index contributed by atoms with van der Waals surface area (Å²) in [6.45, 7) is 0. The van der Waals surface area contributed by atoms with E-state index < -0.39 is 0 Å². The molecule has 0 spiro atoms. The maximum Gasteiger partial charge on any atom is 0.0346 e. The standard InChI is InChI=1S/C18H15BrIN/c19-14-8-9-17(20)16(11-14)18(21)10-13-6-3-5-12-4-1-2-7-15(12)13/h1-9,11,18H,10,21H2. The Balaban J connectivity index is 1.96. The Morgan fingerprint density at radius 2 is 1.76 bits per heavy atom. The van der Waals surface area contributed by atoms with Gasteiger partial charge in [-0.3, -0.25) is 0 Å². The maximum atomic E-state index is 6.46. The van der Waals surface area contributed by atoms with Crippen LogP contribution in [0, 0.1) is 3.57 Å². The molecule has 3 rings (SSSR count). The van der Waals surface area contributed by atoms with Crippen LogP contribution in [0.2, 0.25) is 0 Å². The minimum atomic E-state index is 0.000191. The molecule has 1 atom stereocenters. The predicted octanol–water partition coefficient (Wildman–Crippen LogP) is 5.45. The van der Waals surface area contributed by atoms with Gasteiger partial charge in [0.2, 0.25) is 0 Å². The highest BCUT2D eigenvalue weighted by Crippen LogP contribution is 2.27. The Morgan fingerprint density at radius 3 is 2.62 bits per heavy atom. The summed E-state index contributed by atoms with van der Waals surface area (Å²) in [6, 6.07) is 21.2. The number of halogens is 2. The van der Waals surface area contributed by atoms with Crippen LogP contribution in [-0.4, -0.2) is 0 Å². The Labute approximate surface area is 146 Å². The van der Waals surface area contributed by atoms with Crippen molar-refractivity contribution in [2.45, 2.75) is 12.5 Å². The highest BCUT2D eigenvalue weighted by molar-refractivity contribution is 14.1. The van der Waals surface area contributed by atoms with E-state index in [9.17, 15) is 0 Å². The quantitative estimate of drug-likeness (QED) is 0.526. The molecule has 0 aliphatic heterocycles. The summed E-state index contributed by atoms with van der Waals surface area (Å²) in [5.41, 5.74) is 8.96. The van der Waals surface area contributed by atoms with Crippen molar-refractivity contribution in [3.05, 3.63) is 79.8 Å². The van der Waals surface area contributed by atoms with Crippen LogP contribution in [0.1, 0.15) is 17.2 Å². The van der Waals surface area contributed by atoms with E-state index in [2.05, 4.69) is 99.2 Å². The fourth-order valence-electron chi connectivity index (χ4n) is 2.62. The Hall–Kier alpha value is -0.910. The largest absolute Gasteiger partial charge is 0.324 e. The van der Waals surface area contributed by atoms with E-state index in [-0.39, 0.29) is 6.04 Å². The van der Waals surface area contributed by atoms with Crippen LogP contribution in [0.25, 0.3) is 10.8 Å². The van der Waals surface area contributed by atoms with Gasteiger partial charge in [0.05, 0.1) is 0 Å². The lowest BCUT2D eigenvalue weighted by Gasteiger charge is -2.16. The van der Waals surface area contributed by atoms with Gasteiger partial charge in [-0.15, -0.1) is 0 Å². The summed E-state index contributed by atoms with van der Waals surface area (Å²) in [4.78, 5) is 0. The molecule has 3 aromatic rings. The second-order valence-corrected chi connectivity index (χ2v) is 7.19. The Morgan fingerprint density at radius 1 is 1.00 bits per heavy atom. The van der Waals surface area contributed by atoms with Crippen LogP contribution in [0.4, 0.5) is 0 Å². The van der Waals surface area contributed by atoms with Crippen LogP contribution >= 0.6 is 38.5 Å². The molecule has 0 aliphatic carbocycles. The second-order valence-electron chi connectivity index (χ2n) is 5.11. The zero-order valence-electron chi connectivity index (χ0n) is 11.4. The van der Waals surface area contributed by atoms with Gasteiger partial charge in [-0.2, -0.15) is 0 Å². The second kappa shape index (κ2) is 6.46. The van der Waals surface area contributed by atoms with E-state index in [1.165, 1.54) is 25.5 Å². The van der Waals surface area contributed by atoms with E-state index in [0.717, 1.165) is 10.9 Å². The molecule has 0 aliphatic rings. The van der Waals surface area contributed by atoms with E-state index in [4.69, 9.17) is 5.73 Å². The van der Waals surface area contributed by atoms with Crippen molar-refractivity contribution >= 4 is 49.3 Å². The molecule has 0 bridgehead atoms. The van der Waals surface area contributed by atoms with Gasteiger partial charge in [0.15, 0.2) is 0 Å². The minimum Gasteiger partial charge on any atom is -0.324 e. The van der Waals surface area contributed by atoms with Gasteiger partial charge in [0.1, 0.15) is 0 Å². The van der Waals surface area contributed by atoms with Crippen molar-refractivity contribution in [2.75, 3.05) is 0 Å². The molecule has 0 aromatic heterocycles. The number of hydrogen-bond acceptors (Lipinski definition) is 1. The molecule has 21 heavy (non-hydrogen) atoms. The third kappa shape index (κ3) is 3.30. The molecule has 3 heteroatoms. The molecule has 0 saturated heterocycles. The number of benzene rings is 3. The number of nitrogens with two attached hydrogens (primary N) is 1. The van der Waals surface area contributed by atoms with Gasteiger partial charge in [-0.25, -0.2) is 0 Å². The van der Waals surface area contributed by atoms with Crippen molar-refractivity contribution in [3.63, 3.8) is 0 Å². The predicted molar refractivity (Wildman–Crippen MR) is 101 cm³/mol. The third-order valence-electron chi connectivity index (χ3n) is 3.68. The first-order valence-corrected chi connectivity index (χ1v) is 8.69. The SMILES string of the molecule is NC(Cc1cccc2ccccc12)c1cc(Br)ccc1I. The monoisotopic (exact) mass is 451 g/mol. The van der Waals surface area contributed by atoms with Crippen LogP contribution in [0.3, 0.4) is 0 Å². The minimum absolute atomic E-state index is 0.000191. The summed E-state index contributed by atoms with van der Waals surface area (Å²) in [6.07, 6.45) is 0.841. The molecular formula is C18H15BrIN. The zero-order chi connectivity index (χ0) is 14.8. The summed E-state index contributed by atoms with van der Waals surface area (Å²) in [5.74, 6) is 0. The average molecular weight is 452 g/mol. The fraction of sp³-hybridized carbons (Fsp3) is 0.111. The van der Waals surface area contributed by atoms with Crippen LogP contribution in [-0.2, 0) is 6.42 Å². The number of hydrogen-bond donors (Lipinski definition) is 1. The summed E-state index contributed by atoms with van der Waals surface area (Å²) in [7, 11) is 0. The highest BCUT2D eigenvalue weighted by atomic mass is 127. The third-order valence-corrected chi connectivity index (χ3v) is 5.15. The molecule has 2 N–H and O–H groups in total. The molecule has 106 valence electrons. The zero-order valence-corrected chi connectivity index (χ0v) is 15.1. The lowest BCUT2D eigenvalue weighted by atomic mass is 9.95. The summed E-state index contributed by atoms with van der Waals surface area (Å²) >= 11 is 5.88. The van der Waals surface area contributed by atoms with Crippen molar-refractivity contribution in [1.29, 1.82) is 0 Å². The molecule has 0 saturated carbocycles. The van der Waals surface area contributed by atoms with Crippen molar-refractivity contribution in [1.82, 2.24) is 0 Å². The van der Waals surface area contributed by atoms with E-state index in [1.807, 2.05) is 0 Å². The smallest absolute Gasteiger partial charge is 0.0346 e. The first-order valence-electron chi connectivity index (χ1n) is 6.82. The first kappa shape index (κ1) is 15.0. The van der Waals surface area contributed by atoms with E-state index in [1.54, 1.807) is 0 Å². The van der Waals surface area contributed by atoms with E-state index >= 15 is 0 Å². The number of rotatable bonds is 3. The van der Waals surface area contributed by atoms with Crippen LogP contribution in [0.5, 0.6) is 0 Å². The van der Waals surface area contributed by atoms with Gasteiger partial charge in [-0.05, 0) is 69.1 Å². The molecule has 1 nitrogen and oxygen atoms in total. The molecule has 1 unspecified atom stereocenters. The number of fused-ring (bicyclic) bond motifs is 1. The Kier molecular flexibility index (Phi) is 4.62. The lowest BCUT2D eigenvalue weighted by Crippen LogP contribution is -2.15. The van der Waals surface area contributed by atoms with Crippen LogP contribution < -0.4 is 5.73 Å². The van der Waals surface area contributed by atoms with Gasteiger partial charge in [0.25, 0.3) is 0 Å². The lowest BCUT2D eigenvalue weighted by molar-refractivity contribution is 0.721. The maximum absolute atomic E-state index is 6.46. The van der Waals surface area contributed by atoms with Gasteiger partial charge < -0.3 is 5.73 Å².